The normalized spacial score (nSPS) is 12.9. The van der Waals surface area contributed by atoms with Crippen LogP contribution in [0.2, 0.25) is 0 Å². The molecule has 0 spiro atoms. The van der Waals surface area contributed by atoms with E-state index in [1.807, 2.05) is 30.3 Å². The maximum absolute atomic E-state index is 11.0. The number of carbonyl (C=O) groups is 1. The quantitative estimate of drug-likeness (QED) is 0.749. The molecule has 1 atom stereocenters. The lowest BCUT2D eigenvalue weighted by Gasteiger charge is -2.12. The molecule has 0 saturated heterocycles. The predicted molar refractivity (Wildman–Crippen MR) is 68.7 cm³/mol. The first-order valence-electron chi connectivity index (χ1n) is 5.75. The molecule has 90 valence electrons. The van der Waals surface area contributed by atoms with E-state index in [4.69, 9.17) is 5.11 Å². The minimum atomic E-state index is -0.851. The maximum atomic E-state index is 11.0. The van der Waals surface area contributed by atoms with E-state index in [1.165, 1.54) is 0 Å². The fraction of sp³-hybridized carbons (Fsp3) is 0.143. The summed E-state index contributed by atoms with van der Waals surface area (Å²) in [6.45, 7) is 1.65. The van der Waals surface area contributed by atoms with Crippen LogP contribution in [0.1, 0.15) is 13.0 Å². The molecule has 18 heavy (non-hydrogen) atoms. The van der Waals surface area contributed by atoms with E-state index in [-0.39, 0.29) is 0 Å². The molecule has 0 aromatic heterocycles. The van der Waals surface area contributed by atoms with E-state index in [0.717, 1.165) is 22.2 Å². The first-order valence-corrected chi connectivity index (χ1v) is 5.75. The van der Waals surface area contributed by atoms with Crippen LogP contribution >= 0.6 is 0 Å². The van der Waals surface area contributed by atoms with Crippen molar-refractivity contribution >= 4 is 16.9 Å². The van der Waals surface area contributed by atoms with Crippen molar-refractivity contribution in [2.24, 2.45) is 0 Å². The zero-order valence-electron chi connectivity index (χ0n) is 9.87. The van der Waals surface area contributed by atoms with E-state index < -0.39 is 12.0 Å². The van der Waals surface area contributed by atoms with Gasteiger partial charge in [-0.15, -0.1) is 0 Å². The first-order chi connectivity index (χ1) is 8.66. The number of fused-ring (bicyclic) bond motifs is 3. The lowest BCUT2D eigenvalue weighted by molar-refractivity contribution is -0.140. The second-order valence-corrected chi connectivity index (χ2v) is 4.33. The van der Waals surface area contributed by atoms with Crippen LogP contribution in [0.3, 0.4) is 0 Å². The molecular formula is C14H12N2O2. The van der Waals surface area contributed by atoms with Gasteiger partial charge in [0.05, 0.1) is 11.2 Å². The fourth-order valence-corrected chi connectivity index (χ4v) is 2.11. The smallest absolute Gasteiger partial charge is 0.326 e. The van der Waals surface area contributed by atoms with Gasteiger partial charge in [-0.1, -0.05) is 18.2 Å². The summed E-state index contributed by atoms with van der Waals surface area (Å²) < 4.78 is 1.66. The van der Waals surface area contributed by atoms with E-state index >= 15 is 0 Å². The van der Waals surface area contributed by atoms with Crippen LogP contribution in [0.15, 0.2) is 42.7 Å². The Balaban J connectivity index is 2.21. The standard InChI is InChI=1S/C14H12N2O2/c1-9(14(17)18)16-7-6-11-10-4-2-3-5-12(10)15-13(11)8-16/h2-9H,1H3,(H,17,18). The minimum absolute atomic E-state index is 0.589. The number of pyridine rings is 1. The molecule has 4 nitrogen and oxygen atoms in total. The second-order valence-electron chi connectivity index (χ2n) is 4.33. The second kappa shape index (κ2) is 3.84. The molecular weight excluding hydrogens is 228 g/mol. The van der Waals surface area contributed by atoms with E-state index in [2.05, 4.69) is 4.98 Å². The number of benzene rings is 1. The zero-order chi connectivity index (χ0) is 12.7. The Labute approximate surface area is 104 Å². The van der Waals surface area contributed by atoms with Crippen LogP contribution in [0.5, 0.6) is 0 Å². The molecule has 3 rings (SSSR count). The van der Waals surface area contributed by atoms with Gasteiger partial charge < -0.3 is 9.67 Å². The Kier molecular flexibility index (Phi) is 2.30. The summed E-state index contributed by atoms with van der Waals surface area (Å²) in [5.74, 6) is -0.851. The van der Waals surface area contributed by atoms with Gasteiger partial charge in [-0.05, 0) is 19.1 Å². The highest BCUT2D eigenvalue weighted by molar-refractivity contribution is 5.97. The Bertz CT molecular complexity index is 702. The van der Waals surface area contributed by atoms with Crippen LogP contribution in [-0.4, -0.2) is 20.6 Å². The summed E-state index contributed by atoms with van der Waals surface area (Å²) in [4.78, 5) is 15.5. The van der Waals surface area contributed by atoms with Crippen LogP contribution < -0.4 is 0 Å². The number of nitrogens with zero attached hydrogens (tertiary/aromatic N) is 2. The number of carboxylic acids is 1. The lowest BCUT2D eigenvalue weighted by Crippen LogP contribution is -2.15. The molecule has 1 N–H and O–H groups in total. The van der Waals surface area contributed by atoms with Gasteiger partial charge >= 0.3 is 5.97 Å². The highest BCUT2D eigenvalue weighted by Gasteiger charge is 2.16. The Morgan fingerprint density at radius 3 is 2.89 bits per heavy atom. The number of hydrogen-bond donors (Lipinski definition) is 1. The number of hydrogen-bond acceptors (Lipinski definition) is 2. The average Bonchev–Trinajstić information content (AvgIpc) is 2.75. The largest absolute Gasteiger partial charge is 0.480 e. The molecule has 0 radical (unpaired) electrons. The minimum Gasteiger partial charge on any atom is -0.480 e. The van der Waals surface area contributed by atoms with Crippen molar-refractivity contribution in [3.63, 3.8) is 0 Å². The highest BCUT2D eigenvalue weighted by atomic mass is 16.4. The Hall–Kier alpha value is -2.36. The number of carboxylic acid groups (broad SMARTS) is 1. The van der Waals surface area contributed by atoms with Crippen molar-refractivity contribution in [2.45, 2.75) is 13.0 Å². The van der Waals surface area contributed by atoms with Gasteiger partial charge in [0.1, 0.15) is 6.04 Å². The molecule has 2 aliphatic heterocycles. The summed E-state index contributed by atoms with van der Waals surface area (Å²) in [6, 6.07) is 9.24. The molecule has 1 aromatic rings. The van der Waals surface area contributed by atoms with Crippen molar-refractivity contribution < 1.29 is 9.90 Å². The SMILES string of the molecule is CC(C(=O)O)n1ccc2c3ccccc3nc-2c1. The molecule has 0 amide bonds. The topological polar surface area (TPSA) is 55.1 Å². The summed E-state index contributed by atoms with van der Waals surface area (Å²) in [7, 11) is 0. The molecule has 0 aliphatic carbocycles. The third-order valence-electron chi connectivity index (χ3n) is 3.20. The van der Waals surface area contributed by atoms with Crippen molar-refractivity contribution in [1.82, 2.24) is 9.55 Å². The summed E-state index contributed by atoms with van der Waals surface area (Å²) >= 11 is 0. The molecule has 0 bridgehead atoms. The van der Waals surface area contributed by atoms with Crippen molar-refractivity contribution in [1.29, 1.82) is 0 Å². The molecule has 2 aliphatic rings. The number of rotatable bonds is 2. The van der Waals surface area contributed by atoms with Gasteiger partial charge in [0.25, 0.3) is 0 Å². The van der Waals surface area contributed by atoms with Crippen LogP contribution in [0.25, 0.3) is 22.2 Å². The molecule has 0 fully saturated rings. The summed E-state index contributed by atoms with van der Waals surface area (Å²) in [5.41, 5.74) is 2.82. The van der Waals surface area contributed by atoms with Crippen LogP contribution in [0.4, 0.5) is 0 Å². The van der Waals surface area contributed by atoms with E-state index in [1.54, 1.807) is 23.9 Å². The van der Waals surface area contributed by atoms with Crippen molar-refractivity contribution in [3.8, 4) is 11.3 Å². The van der Waals surface area contributed by atoms with E-state index in [0.29, 0.717) is 0 Å². The number of aromatic nitrogens is 2. The molecule has 2 heterocycles. The maximum Gasteiger partial charge on any atom is 0.326 e. The van der Waals surface area contributed by atoms with Gasteiger partial charge in [0, 0.05) is 23.3 Å². The third kappa shape index (κ3) is 1.54. The summed E-state index contributed by atoms with van der Waals surface area (Å²) in [6.07, 6.45) is 3.57. The lowest BCUT2D eigenvalue weighted by atomic mass is 10.1. The molecule has 4 heteroatoms. The van der Waals surface area contributed by atoms with Crippen LogP contribution in [0, 0.1) is 0 Å². The van der Waals surface area contributed by atoms with Gasteiger partial charge in [-0.3, -0.25) is 0 Å². The third-order valence-corrected chi connectivity index (χ3v) is 3.20. The molecule has 0 saturated carbocycles. The zero-order valence-corrected chi connectivity index (χ0v) is 9.87. The van der Waals surface area contributed by atoms with Gasteiger partial charge in [0.2, 0.25) is 0 Å². The van der Waals surface area contributed by atoms with Gasteiger partial charge in [-0.2, -0.15) is 0 Å². The number of aliphatic carboxylic acids is 1. The average molecular weight is 240 g/mol. The van der Waals surface area contributed by atoms with Crippen LogP contribution in [-0.2, 0) is 4.79 Å². The predicted octanol–water partition coefficient (Wildman–Crippen LogP) is 2.79. The van der Waals surface area contributed by atoms with Gasteiger partial charge in [0.15, 0.2) is 0 Å². The Morgan fingerprint density at radius 1 is 1.33 bits per heavy atom. The fourth-order valence-electron chi connectivity index (χ4n) is 2.11. The van der Waals surface area contributed by atoms with Crippen molar-refractivity contribution in [3.05, 3.63) is 42.7 Å². The van der Waals surface area contributed by atoms with E-state index in [9.17, 15) is 4.79 Å². The molecule has 1 aromatic carbocycles. The number of para-hydroxylation sites is 1. The van der Waals surface area contributed by atoms with Gasteiger partial charge in [-0.25, -0.2) is 9.78 Å². The van der Waals surface area contributed by atoms with Crippen molar-refractivity contribution in [2.75, 3.05) is 0 Å². The highest BCUT2D eigenvalue weighted by Crippen LogP contribution is 2.30. The monoisotopic (exact) mass is 240 g/mol. The Morgan fingerprint density at radius 2 is 2.11 bits per heavy atom. The summed E-state index contributed by atoms with van der Waals surface area (Å²) in [5, 5.41) is 10.1. The molecule has 1 unspecified atom stereocenters. The first kappa shape index (κ1) is 10.8.